The van der Waals surface area contributed by atoms with E-state index in [0.717, 1.165) is 51.4 Å². The van der Waals surface area contributed by atoms with Gasteiger partial charge in [-0.3, -0.25) is 14.7 Å². The second-order valence-electron chi connectivity index (χ2n) is 9.80. The van der Waals surface area contributed by atoms with E-state index in [9.17, 15) is 9.59 Å². The molecule has 0 radical (unpaired) electrons. The molecule has 0 aromatic heterocycles. The molecule has 3 fully saturated rings. The number of nitrogens with zero attached hydrogens (tertiary/aromatic N) is 2. The summed E-state index contributed by atoms with van der Waals surface area (Å²) in [5.41, 5.74) is -0.657. The van der Waals surface area contributed by atoms with Crippen molar-refractivity contribution >= 4 is 40.9 Å². The minimum absolute atomic E-state index is 0.0910. The summed E-state index contributed by atoms with van der Waals surface area (Å²) < 4.78 is 6.17. The zero-order valence-electron chi connectivity index (χ0n) is 19.7. The van der Waals surface area contributed by atoms with E-state index in [0.29, 0.717) is 27.0 Å². The van der Waals surface area contributed by atoms with E-state index >= 15 is 0 Å². The molecule has 1 atom stereocenters. The third-order valence-electron chi connectivity index (χ3n) is 7.46. The van der Waals surface area contributed by atoms with Crippen molar-refractivity contribution in [2.45, 2.75) is 81.9 Å². The van der Waals surface area contributed by atoms with Crippen LogP contribution in [0.1, 0.15) is 80.1 Å². The monoisotopic (exact) mass is 512 g/mol. The zero-order chi connectivity index (χ0) is 24.4. The smallest absolute Gasteiger partial charge is 0.339 e. The Morgan fingerprint density at radius 1 is 0.829 bits per heavy atom. The summed E-state index contributed by atoms with van der Waals surface area (Å²) in [5.74, 6) is -0.223. The van der Waals surface area contributed by atoms with Crippen LogP contribution in [0.15, 0.2) is 53.5 Å². The van der Waals surface area contributed by atoms with Crippen LogP contribution in [-0.4, -0.2) is 34.7 Å². The second-order valence-corrected chi connectivity index (χ2v) is 10.7. The summed E-state index contributed by atoms with van der Waals surface area (Å²) in [7, 11) is 0. The van der Waals surface area contributed by atoms with E-state index in [4.69, 9.17) is 32.9 Å². The van der Waals surface area contributed by atoms with Crippen LogP contribution in [-0.2, 0) is 15.1 Å². The standard InChI is InChI=1S/C28H30Cl2N2O3/c29-21-15-11-19(12-16-21)25(33)35-28(20-13-17-22(30)18-14-20)26(31-23-7-3-1-4-8-23)32(27(28)34)24-9-5-2-6-10-24/h11-18,23-24H,1-10H2. The van der Waals surface area contributed by atoms with Gasteiger partial charge >= 0.3 is 5.97 Å². The van der Waals surface area contributed by atoms with Gasteiger partial charge in [0.2, 0.25) is 0 Å². The van der Waals surface area contributed by atoms with Crippen LogP contribution < -0.4 is 0 Å². The van der Waals surface area contributed by atoms with Crippen LogP contribution >= 0.6 is 23.2 Å². The summed E-state index contributed by atoms with van der Waals surface area (Å²) in [6.07, 6.45) is 10.7. The van der Waals surface area contributed by atoms with Crippen molar-refractivity contribution in [3.63, 3.8) is 0 Å². The maximum atomic E-state index is 14.1. The summed E-state index contributed by atoms with van der Waals surface area (Å²) >= 11 is 12.2. The second kappa shape index (κ2) is 10.3. The third-order valence-corrected chi connectivity index (χ3v) is 7.96. The topological polar surface area (TPSA) is 59.0 Å². The molecule has 0 spiro atoms. The Kier molecular flexibility index (Phi) is 7.17. The number of carbonyl (C=O) groups excluding carboxylic acids is 2. The molecular formula is C28H30Cl2N2O3. The molecule has 1 saturated heterocycles. The number of amides is 1. The van der Waals surface area contributed by atoms with Crippen molar-refractivity contribution < 1.29 is 14.3 Å². The molecule has 2 aliphatic carbocycles. The lowest BCUT2D eigenvalue weighted by molar-refractivity contribution is -0.156. The molecule has 1 amide bonds. The van der Waals surface area contributed by atoms with Gasteiger partial charge in [0.25, 0.3) is 11.5 Å². The first-order chi connectivity index (χ1) is 17.0. The molecule has 0 bridgehead atoms. The first kappa shape index (κ1) is 24.3. The fraction of sp³-hybridized carbons (Fsp3) is 0.464. The highest BCUT2D eigenvalue weighted by atomic mass is 35.5. The van der Waals surface area contributed by atoms with Crippen LogP contribution in [0.25, 0.3) is 0 Å². The van der Waals surface area contributed by atoms with Gasteiger partial charge in [0, 0.05) is 21.7 Å². The first-order valence-electron chi connectivity index (χ1n) is 12.7. The first-order valence-corrected chi connectivity index (χ1v) is 13.4. The molecule has 1 heterocycles. The number of benzene rings is 2. The largest absolute Gasteiger partial charge is 0.432 e. The predicted octanol–water partition coefficient (Wildman–Crippen LogP) is 6.95. The Morgan fingerprint density at radius 3 is 1.97 bits per heavy atom. The molecule has 35 heavy (non-hydrogen) atoms. The highest BCUT2D eigenvalue weighted by Gasteiger charge is 2.65. The van der Waals surface area contributed by atoms with Crippen LogP contribution in [0, 0.1) is 0 Å². The SMILES string of the molecule is O=C(OC1(c2ccc(Cl)cc2)C(=O)N(C2CCCCC2)C1=NC1CCCCC1)c1ccc(Cl)cc1. The summed E-state index contributed by atoms with van der Waals surface area (Å²) in [4.78, 5) is 34.4. The maximum absolute atomic E-state index is 14.1. The lowest BCUT2D eigenvalue weighted by Crippen LogP contribution is -2.73. The van der Waals surface area contributed by atoms with E-state index in [-0.39, 0.29) is 18.0 Å². The number of hydrogen-bond donors (Lipinski definition) is 0. The highest BCUT2D eigenvalue weighted by Crippen LogP contribution is 2.45. The van der Waals surface area contributed by atoms with Crippen LogP contribution in [0.2, 0.25) is 10.0 Å². The van der Waals surface area contributed by atoms with Gasteiger partial charge in [-0.1, -0.05) is 73.9 Å². The molecule has 2 saturated carbocycles. The average Bonchev–Trinajstić information content (AvgIpc) is 2.89. The fourth-order valence-electron chi connectivity index (χ4n) is 5.56. The molecule has 0 N–H and O–H groups in total. The van der Waals surface area contributed by atoms with E-state index in [2.05, 4.69) is 0 Å². The van der Waals surface area contributed by atoms with Gasteiger partial charge < -0.3 is 4.74 Å². The number of hydrogen-bond acceptors (Lipinski definition) is 4. The molecule has 1 unspecified atom stereocenters. The van der Waals surface area contributed by atoms with Crippen LogP contribution in [0.5, 0.6) is 0 Å². The Morgan fingerprint density at radius 2 is 1.37 bits per heavy atom. The Hall–Kier alpha value is -2.37. The fourth-order valence-corrected chi connectivity index (χ4v) is 5.81. The average molecular weight is 513 g/mol. The Labute approximate surface area is 216 Å². The van der Waals surface area contributed by atoms with Gasteiger partial charge in [-0.15, -0.1) is 0 Å². The van der Waals surface area contributed by atoms with Crippen LogP contribution in [0.4, 0.5) is 0 Å². The maximum Gasteiger partial charge on any atom is 0.339 e. The van der Waals surface area contributed by atoms with Crippen molar-refractivity contribution in [1.29, 1.82) is 0 Å². The van der Waals surface area contributed by atoms with Crippen molar-refractivity contribution in [1.82, 2.24) is 4.90 Å². The van der Waals surface area contributed by atoms with Gasteiger partial charge in [-0.2, -0.15) is 0 Å². The number of esters is 1. The van der Waals surface area contributed by atoms with Gasteiger partial charge in [0.1, 0.15) is 0 Å². The molecule has 2 aromatic rings. The molecular weight excluding hydrogens is 483 g/mol. The van der Waals surface area contributed by atoms with Crippen molar-refractivity contribution in [3.05, 3.63) is 69.7 Å². The van der Waals surface area contributed by atoms with Crippen molar-refractivity contribution in [2.75, 3.05) is 0 Å². The molecule has 5 nitrogen and oxygen atoms in total. The lowest BCUT2D eigenvalue weighted by atomic mass is 9.79. The lowest BCUT2D eigenvalue weighted by Gasteiger charge is -2.52. The highest BCUT2D eigenvalue weighted by molar-refractivity contribution is 6.31. The molecule has 184 valence electrons. The minimum Gasteiger partial charge on any atom is -0.432 e. The minimum atomic E-state index is -1.57. The molecule has 2 aromatic carbocycles. The molecule has 5 rings (SSSR count). The van der Waals surface area contributed by atoms with Gasteiger partial charge in [-0.25, -0.2) is 4.79 Å². The van der Waals surface area contributed by atoms with Crippen molar-refractivity contribution in [3.8, 4) is 0 Å². The number of carbonyl (C=O) groups is 2. The number of aliphatic imine (C=N–C) groups is 1. The number of β-lactam (4-membered cyclic amide) rings is 1. The van der Waals surface area contributed by atoms with Crippen molar-refractivity contribution in [2.24, 2.45) is 4.99 Å². The number of amidine groups is 1. The molecule has 7 heteroatoms. The molecule has 1 aliphatic heterocycles. The summed E-state index contributed by atoms with van der Waals surface area (Å²) in [6.45, 7) is 0. The number of halogens is 2. The van der Waals surface area contributed by atoms with E-state index in [1.165, 1.54) is 12.8 Å². The van der Waals surface area contributed by atoms with Gasteiger partial charge in [0.15, 0.2) is 5.84 Å². The van der Waals surface area contributed by atoms with E-state index in [1.54, 1.807) is 48.5 Å². The normalized spacial score (nSPS) is 24.9. The summed E-state index contributed by atoms with van der Waals surface area (Å²) in [6, 6.07) is 13.7. The van der Waals surface area contributed by atoms with E-state index in [1.807, 2.05) is 4.90 Å². The zero-order valence-corrected chi connectivity index (χ0v) is 21.2. The van der Waals surface area contributed by atoms with Gasteiger partial charge in [0.05, 0.1) is 11.6 Å². The number of ether oxygens (including phenoxy) is 1. The number of rotatable bonds is 5. The third kappa shape index (κ3) is 4.73. The Bertz CT molecular complexity index is 1100. The quantitative estimate of drug-likeness (QED) is 0.321. The summed E-state index contributed by atoms with van der Waals surface area (Å²) in [5, 5.41) is 1.08. The van der Waals surface area contributed by atoms with Gasteiger partial charge in [-0.05, 0) is 62.1 Å². The van der Waals surface area contributed by atoms with E-state index < -0.39 is 11.6 Å². The Balaban J connectivity index is 1.58. The predicted molar refractivity (Wildman–Crippen MR) is 138 cm³/mol. The van der Waals surface area contributed by atoms with Crippen LogP contribution in [0.3, 0.4) is 0 Å². The number of likely N-dealkylation sites (tertiary alicyclic amines) is 1. The molecule has 3 aliphatic rings.